The van der Waals surface area contributed by atoms with Crippen LogP contribution in [0.5, 0.6) is 0 Å². The molecule has 0 aromatic carbocycles. The molecule has 188 valence electrons. The molecule has 1 aromatic rings. The van der Waals surface area contributed by atoms with Gasteiger partial charge < -0.3 is 25.2 Å². The molecule has 1 aliphatic rings. The first kappa shape index (κ1) is 29.0. The second kappa shape index (κ2) is 14.3. The number of ether oxygens (including phenoxy) is 1. The van der Waals surface area contributed by atoms with Gasteiger partial charge in [-0.2, -0.15) is 5.10 Å². The van der Waals surface area contributed by atoms with Crippen molar-refractivity contribution in [3.8, 4) is 0 Å². The van der Waals surface area contributed by atoms with Crippen LogP contribution in [0.1, 0.15) is 50.6 Å². The van der Waals surface area contributed by atoms with E-state index in [-0.39, 0.29) is 48.6 Å². The number of nitrogens with zero attached hydrogens (tertiary/aromatic N) is 5. The van der Waals surface area contributed by atoms with E-state index in [0.717, 1.165) is 36.9 Å². The van der Waals surface area contributed by atoms with Crippen molar-refractivity contribution in [1.29, 1.82) is 0 Å². The van der Waals surface area contributed by atoms with E-state index >= 15 is 0 Å². The molecule has 0 saturated carbocycles. The zero-order valence-electron chi connectivity index (χ0n) is 20.8. The lowest BCUT2D eigenvalue weighted by Gasteiger charge is -2.32. The van der Waals surface area contributed by atoms with Crippen molar-refractivity contribution in [2.45, 2.75) is 59.0 Å². The Balaban J connectivity index is 0.00000544. The van der Waals surface area contributed by atoms with Crippen molar-refractivity contribution in [2.24, 2.45) is 12.0 Å². The maximum atomic E-state index is 12.1. The zero-order chi connectivity index (χ0) is 23.7. The summed E-state index contributed by atoms with van der Waals surface area (Å²) in [6, 6.07) is 0.159. The molecule has 33 heavy (non-hydrogen) atoms. The van der Waals surface area contributed by atoms with Crippen LogP contribution in [0.4, 0.5) is 4.79 Å². The van der Waals surface area contributed by atoms with Crippen LogP contribution in [0.25, 0.3) is 0 Å². The summed E-state index contributed by atoms with van der Waals surface area (Å²) >= 11 is 0. The van der Waals surface area contributed by atoms with Crippen molar-refractivity contribution in [3.63, 3.8) is 0 Å². The van der Waals surface area contributed by atoms with Crippen LogP contribution in [0.2, 0.25) is 0 Å². The average Bonchev–Trinajstić information content (AvgIpc) is 3.10. The second-order valence-corrected chi connectivity index (χ2v) is 8.11. The van der Waals surface area contributed by atoms with E-state index in [4.69, 9.17) is 9.73 Å². The van der Waals surface area contributed by atoms with E-state index < -0.39 is 0 Å². The molecule has 10 nitrogen and oxygen atoms in total. The van der Waals surface area contributed by atoms with E-state index in [0.29, 0.717) is 32.2 Å². The van der Waals surface area contributed by atoms with Gasteiger partial charge >= 0.3 is 6.09 Å². The quantitative estimate of drug-likeness (QED) is 0.278. The first-order valence-corrected chi connectivity index (χ1v) is 11.5. The zero-order valence-corrected chi connectivity index (χ0v) is 23.1. The number of hydrogen-bond acceptors (Lipinski definition) is 5. The number of amides is 2. The number of rotatable bonds is 8. The van der Waals surface area contributed by atoms with E-state index in [1.807, 2.05) is 18.7 Å². The van der Waals surface area contributed by atoms with Gasteiger partial charge in [-0.25, -0.2) is 9.79 Å². The molecule has 11 heteroatoms. The van der Waals surface area contributed by atoms with E-state index in [2.05, 4.69) is 29.6 Å². The van der Waals surface area contributed by atoms with Gasteiger partial charge in [0, 0.05) is 51.5 Å². The van der Waals surface area contributed by atoms with Crippen LogP contribution in [-0.2, 0) is 36.0 Å². The largest absolute Gasteiger partial charge is 0.450 e. The normalized spacial score (nSPS) is 14.5. The minimum Gasteiger partial charge on any atom is -0.450 e. The van der Waals surface area contributed by atoms with Gasteiger partial charge in [0.1, 0.15) is 0 Å². The minimum absolute atomic E-state index is 0. The number of aliphatic imine (C=N–C) groups is 1. The summed E-state index contributed by atoms with van der Waals surface area (Å²) in [6.07, 6.45) is 3.05. The average molecular weight is 578 g/mol. The molecule has 1 fully saturated rings. The third-order valence-corrected chi connectivity index (χ3v) is 5.69. The number of aryl methyl sites for hydroxylation is 2. The third-order valence-electron chi connectivity index (χ3n) is 5.69. The molecular formula is C22H40IN7O3. The number of carbonyl (C=O) groups is 2. The van der Waals surface area contributed by atoms with Gasteiger partial charge in [-0.3, -0.25) is 9.48 Å². The molecule has 0 spiro atoms. The first-order valence-electron chi connectivity index (χ1n) is 11.5. The number of carbonyl (C=O) groups excluding carboxylic acids is 2. The fraction of sp³-hybridized carbons (Fsp3) is 0.727. The van der Waals surface area contributed by atoms with Crippen molar-refractivity contribution < 1.29 is 14.3 Å². The van der Waals surface area contributed by atoms with Gasteiger partial charge in [0.2, 0.25) is 5.91 Å². The minimum atomic E-state index is -0.259. The Morgan fingerprint density at radius 1 is 1.18 bits per heavy atom. The smallest absolute Gasteiger partial charge is 0.409 e. The molecule has 2 N–H and O–H groups in total. The molecule has 0 aliphatic carbocycles. The molecule has 2 rings (SSSR count). The number of nitrogens with one attached hydrogen (secondary N) is 2. The summed E-state index contributed by atoms with van der Waals surface area (Å²) in [5, 5.41) is 11.3. The van der Waals surface area contributed by atoms with E-state index in [1.165, 1.54) is 5.69 Å². The SMILES string of the molecule is CCOC(=O)N1CCC(NC(=NCc2c(CC)nn(C)c2CC)NCC(=O)N(C)C)CC1.I. The molecule has 0 unspecified atom stereocenters. The Morgan fingerprint density at radius 3 is 2.39 bits per heavy atom. The Kier molecular flexibility index (Phi) is 12.5. The number of likely N-dealkylation sites (tertiary alicyclic amines) is 1. The highest BCUT2D eigenvalue weighted by molar-refractivity contribution is 14.0. The van der Waals surface area contributed by atoms with Crippen molar-refractivity contribution in [1.82, 2.24) is 30.2 Å². The molecule has 1 saturated heterocycles. The Hall–Kier alpha value is -2.05. The predicted octanol–water partition coefficient (Wildman–Crippen LogP) is 1.91. The van der Waals surface area contributed by atoms with Crippen molar-refractivity contribution in [2.75, 3.05) is 40.3 Å². The summed E-state index contributed by atoms with van der Waals surface area (Å²) in [6.45, 7) is 8.32. The third kappa shape index (κ3) is 8.35. The van der Waals surface area contributed by atoms with Gasteiger partial charge in [0.05, 0.1) is 25.4 Å². The molecule has 1 aliphatic heterocycles. The molecule has 2 amide bonds. The van der Waals surface area contributed by atoms with Crippen molar-refractivity contribution >= 4 is 41.9 Å². The fourth-order valence-electron chi connectivity index (χ4n) is 3.82. The number of likely N-dealkylation sites (N-methyl/N-ethyl adjacent to an activating group) is 1. The fourth-order valence-corrected chi connectivity index (χ4v) is 3.82. The maximum Gasteiger partial charge on any atom is 0.409 e. The number of aromatic nitrogens is 2. The Labute approximate surface area is 214 Å². The summed E-state index contributed by atoms with van der Waals surface area (Å²) < 4.78 is 7.03. The summed E-state index contributed by atoms with van der Waals surface area (Å²) in [5.41, 5.74) is 3.38. The predicted molar refractivity (Wildman–Crippen MR) is 140 cm³/mol. The maximum absolute atomic E-state index is 12.1. The van der Waals surface area contributed by atoms with Crippen LogP contribution >= 0.6 is 24.0 Å². The van der Waals surface area contributed by atoms with Crippen LogP contribution in [0.3, 0.4) is 0 Å². The number of halogens is 1. The van der Waals surface area contributed by atoms with E-state index in [1.54, 1.807) is 23.9 Å². The van der Waals surface area contributed by atoms with Gasteiger partial charge in [0.25, 0.3) is 0 Å². The van der Waals surface area contributed by atoms with Crippen molar-refractivity contribution in [3.05, 3.63) is 17.0 Å². The van der Waals surface area contributed by atoms with Crippen LogP contribution < -0.4 is 10.6 Å². The lowest BCUT2D eigenvalue weighted by atomic mass is 10.1. The summed E-state index contributed by atoms with van der Waals surface area (Å²) in [5.74, 6) is 0.573. The molecule has 0 atom stereocenters. The summed E-state index contributed by atoms with van der Waals surface area (Å²) in [7, 11) is 5.43. The summed E-state index contributed by atoms with van der Waals surface area (Å²) in [4.78, 5) is 32.1. The van der Waals surface area contributed by atoms with Gasteiger partial charge in [0.15, 0.2) is 5.96 Å². The van der Waals surface area contributed by atoms with Gasteiger partial charge in [-0.05, 0) is 32.6 Å². The number of piperidine rings is 1. The lowest BCUT2D eigenvalue weighted by molar-refractivity contribution is -0.127. The highest BCUT2D eigenvalue weighted by Crippen LogP contribution is 2.17. The van der Waals surface area contributed by atoms with Crippen LogP contribution in [0, 0.1) is 0 Å². The number of hydrogen-bond donors (Lipinski definition) is 2. The standard InChI is InChI=1S/C22H39N7O3.HI/c1-7-18-17(19(8-2)28(6)26-18)14-23-21(24-15-20(30)27(4)5)25-16-10-12-29(13-11-16)22(31)32-9-3;/h16H,7-15H2,1-6H3,(H2,23,24,25);1H. The molecular weight excluding hydrogens is 537 g/mol. The molecule has 0 radical (unpaired) electrons. The van der Waals surface area contributed by atoms with E-state index in [9.17, 15) is 9.59 Å². The van der Waals surface area contributed by atoms with Crippen LogP contribution in [-0.4, -0.2) is 83.9 Å². The monoisotopic (exact) mass is 577 g/mol. The topological polar surface area (TPSA) is 104 Å². The Morgan fingerprint density at radius 2 is 1.85 bits per heavy atom. The molecule has 0 bridgehead atoms. The Bertz CT molecular complexity index is 802. The molecule has 1 aromatic heterocycles. The van der Waals surface area contributed by atoms with Gasteiger partial charge in [-0.15, -0.1) is 24.0 Å². The van der Waals surface area contributed by atoms with Crippen LogP contribution in [0.15, 0.2) is 4.99 Å². The number of guanidine groups is 1. The second-order valence-electron chi connectivity index (χ2n) is 8.11. The highest BCUT2D eigenvalue weighted by atomic mass is 127. The lowest BCUT2D eigenvalue weighted by Crippen LogP contribution is -2.51. The molecule has 2 heterocycles. The highest BCUT2D eigenvalue weighted by Gasteiger charge is 2.24. The van der Waals surface area contributed by atoms with Gasteiger partial charge in [-0.1, -0.05) is 13.8 Å². The first-order chi connectivity index (χ1) is 15.3.